The van der Waals surface area contributed by atoms with Crippen LogP contribution in [0.5, 0.6) is 0 Å². The molecule has 3 rings (SSSR count). The Labute approximate surface area is 157 Å². The first kappa shape index (κ1) is 19.1. The number of furan rings is 1. The number of hydrogen-bond acceptors (Lipinski definition) is 7. The highest BCUT2D eigenvalue weighted by atomic mass is 16.5. The normalized spacial score (nSPS) is 15.3. The van der Waals surface area contributed by atoms with Gasteiger partial charge in [-0.1, -0.05) is 5.16 Å². The number of nitrogens with zero attached hydrogens (tertiary/aromatic N) is 4. The van der Waals surface area contributed by atoms with Crippen LogP contribution in [0.2, 0.25) is 0 Å². The van der Waals surface area contributed by atoms with Crippen molar-refractivity contribution in [3.8, 4) is 11.6 Å². The van der Waals surface area contributed by atoms with Gasteiger partial charge in [0.05, 0.1) is 12.8 Å². The molecule has 1 N–H and O–H groups in total. The van der Waals surface area contributed by atoms with E-state index in [1.54, 1.807) is 18.4 Å². The number of hydrogen-bond donors (Lipinski definition) is 1. The molecular weight excluding hydrogens is 350 g/mol. The van der Waals surface area contributed by atoms with Crippen molar-refractivity contribution in [1.29, 1.82) is 0 Å². The van der Waals surface area contributed by atoms with Gasteiger partial charge in [0.2, 0.25) is 23.5 Å². The van der Waals surface area contributed by atoms with Crippen LogP contribution in [0.3, 0.4) is 0 Å². The SMILES string of the molecule is CC(C)NC(=O)CN1CCN(C(=O)CCc2nc(-c3ccco3)no2)CC1. The van der Waals surface area contributed by atoms with E-state index < -0.39 is 0 Å². The summed E-state index contributed by atoms with van der Waals surface area (Å²) in [5.74, 6) is 1.41. The lowest BCUT2D eigenvalue weighted by Crippen LogP contribution is -2.51. The minimum Gasteiger partial charge on any atom is -0.461 e. The second-order valence-electron chi connectivity index (χ2n) is 6.87. The molecule has 0 spiro atoms. The van der Waals surface area contributed by atoms with E-state index in [4.69, 9.17) is 8.94 Å². The number of carbonyl (C=O) groups excluding carboxylic acids is 2. The van der Waals surface area contributed by atoms with E-state index in [1.807, 2.05) is 18.7 Å². The lowest BCUT2D eigenvalue weighted by atomic mass is 10.2. The summed E-state index contributed by atoms with van der Waals surface area (Å²) < 4.78 is 10.4. The number of carbonyl (C=O) groups is 2. The highest BCUT2D eigenvalue weighted by Crippen LogP contribution is 2.16. The molecule has 3 heterocycles. The topological polar surface area (TPSA) is 105 Å². The van der Waals surface area contributed by atoms with Crippen LogP contribution in [-0.4, -0.2) is 70.5 Å². The first-order chi connectivity index (χ1) is 13.0. The van der Waals surface area contributed by atoms with Crippen LogP contribution in [0.1, 0.15) is 26.2 Å². The maximum Gasteiger partial charge on any atom is 0.238 e. The van der Waals surface area contributed by atoms with Gasteiger partial charge in [0.25, 0.3) is 0 Å². The van der Waals surface area contributed by atoms with Gasteiger partial charge in [0.15, 0.2) is 5.76 Å². The van der Waals surface area contributed by atoms with E-state index in [0.717, 1.165) is 0 Å². The van der Waals surface area contributed by atoms with E-state index in [1.165, 1.54) is 0 Å². The number of piperazine rings is 1. The van der Waals surface area contributed by atoms with E-state index in [9.17, 15) is 9.59 Å². The monoisotopic (exact) mass is 375 g/mol. The standard InChI is InChI=1S/C18H25N5O4/c1-13(2)19-15(24)12-22-7-9-23(10-8-22)17(25)6-5-16-20-18(21-27-16)14-4-3-11-26-14/h3-4,11,13H,5-10,12H2,1-2H3,(H,19,24). The molecule has 1 aliphatic heterocycles. The van der Waals surface area contributed by atoms with Gasteiger partial charge >= 0.3 is 0 Å². The van der Waals surface area contributed by atoms with Gasteiger partial charge in [-0.2, -0.15) is 4.98 Å². The highest BCUT2D eigenvalue weighted by Gasteiger charge is 2.23. The lowest BCUT2D eigenvalue weighted by molar-refractivity contribution is -0.133. The zero-order chi connectivity index (χ0) is 19.2. The van der Waals surface area contributed by atoms with Crippen molar-refractivity contribution < 1.29 is 18.5 Å². The van der Waals surface area contributed by atoms with Gasteiger partial charge in [-0.15, -0.1) is 0 Å². The zero-order valence-corrected chi connectivity index (χ0v) is 15.7. The molecule has 9 nitrogen and oxygen atoms in total. The number of aryl methyl sites for hydroxylation is 1. The van der Waals surface area contributed by atoms with Gasteiger partial charge < -0.3 is 19.2 Å². The Kier molecular flexibility index (Phi) is 6.23. The zero-order valence-electron chi connectivity index (χ0n) is 15.7. The molecule has 1 saturated heterocycles. The van der Waals surface area contributed by atoms with Gasteiger partial charge in [0.1, 0.15) is 0 Å². The Balaban J connectivity index is 1.40. The van der Waals surface area contributed by atoms with Crippen molar-refractivity contribution in [1.82, 2.24) is 25.3 Å². The fourth-order valence-corrected chi connectivity index (χ4v) is 2.96. The van der Waals surface area contributed by atoms with Crippen molar-refractivity contribution >= 4 is 11.8 Å². The molecule has 0 radical (unpaired) electrons. The summed E-state index contributed by atoms with van der Waals surface area (Å²) >= 11 is 0. The average Bonchev–Trinajstić information content (AvgIpc) is 3.31. The number of rotatable bonds is 7. The van der Waals surface area contributed by atoms with Crippen LogP contribution in [0.15, 0.2) is 27.3 Å². The Morgan fingerprint density at radius 2 is 2.04 bits per heavy atom. The molecule has 1 aliphatic rings. The molecule has 2 aromatic rings. The molecule has 146 valence electrons. The predicted octanol–water partition coefficient (Wildman–Crippen LogP) is 0.931. The summed E-state index contributed by atoms with van der Waals surface area (Å²) in [7, 11) is 0. The van der Waals surface area contributed by atoms with Crippen molar-refractivity contribution in [2.45, 2.75) is 32.7 Å². The summed E-state index contributed by atoms with van der Waals surface area (Å²) in [5, 5.41) is 6.74. The van der Waals surface area contributed by atoms with Crippen LogP contribution in [0.4, 0.5) is 0 Å². The van der Waals surface area contributed by atoms with Gasteiger partial charge in [-0.25, -0.2) is 0 Å². The van der Waals surface area contributed by atoms with E-state index in [2.05, 4.69) is 20.4 Å². The molecule has 0 unspecified atom stereocenters. The van der Waals surface area contributed by atoms with Crippen LogP contribution in [0, 0.1) is 0 Å². The summed E-state index contributed by atoms with van der Waals surface area (Å²) in [5.41, 5.74) is 0. The summed E-state index contributed by atoms with van der Waals surface area (Å²) in [6.07, 6.45) is 2.25. The van der Waals surface area contributed by atoms with Crippen molar-refractivity contribution in [2.24, 2.45) is 0 Å². The molecule has 0 aliphatic carbocycles. The summed E-state index contributed by atoms with van der Waals surface area (Å²) in [6, 6.07) is 3.64. The Hall–Kier alpha value is -2.68. The lowest BCUT2D eigenvalue weighted by Gasteiger charge is -2.34. The smallest absolute Gasteiger partial charge is 0.238 e. The van der Waals surface area contributed by atoms with Crippen molar-refractivity contribution in [2.75, 3.05) is 32.7 Å². The second kappa shape index (κ2) is 8.81. The van der Waals surface area contributed by atoms with Gasteiger partial charge in [-0.05, 0) is 26.0 Å². The fourth-order valence-electron chi connectivity index (χ4n) is 2.96. The predicted molar refractivity (Wildman–Crippen MR) is 96.6 cm³/mol. The third-order valence-corrected chi connectivity index (χ3v) is 4.30. The molecular formula is C18H25N5O4. The molecule has 1 fully saturated rings. The van der Waals surface area contributed by atoms with E-state index in [0.29, 0.717) is 63.0 Å². The molecule has 0 aromatic carbocycles. The number of nitrogens with one attached hydrogen (secondary N) is 1. The number of aromatic nitrogens is 2. The van der Waals surface area contributed by atoms with Gasteiger partial charge in [0, 0.05) is 45.1 Å². The maximum absolute atomic E-state index is 12.4. The van der Waals surface area contributed by atoms with Crippen molar-refractivity contribution in [3.05, 3.63) is 24.3 Å². The quantitative estimate of drug-likeness (QED) is 0.767. The van der Waals surface area contributed by atoms with Crippen LogP contribution >= 0.6 is 0 Å². The van der Waals surface area contributed by atoms with E-state index in [-0.39, 0.29) is 17.9 Å². The average molecular weight is 375 g/mol. The van der Waals surface area contributed by atoms with Crippen LogP contribution < -0.4 is 5.32 Å². The first-order valence-electron chi connectivity index (χ1n) is 9.17. The molecule has 2 aromatic heterocycles. The Bertz CT molecular complexity index is 748. The molecule has 0 atom stereocenters. The molecule has 27 heavy (non-hydrogen) atoms. The first-order valence-corrected chi connectivity index (χ1v) is 9.17. The third-order valence-electron chi connectivity index (χ3n) is 4.30. The molecule has 2 amide bonds. The van der Waals surface area contributed by atoms with Crippen LogP contribution in [0.25, 0.3) is 11.6 Å². The molecule has 0 saturated carbocycles. The summed E-state index contributed by atoms with van der Waals surface area (Å²) in [6.45, 7) is 6.88. The van der Waals surface area contributed by atoms with Crippen molar-refractivity contribution in [3.63, 3.8) is 0 Å². The highest BCUT2D eigenvalue weighted by molar-refractivity contribution is 5.78. The Morgan fingerprint density at radius 3 is 2.70 bits per heavy atom. The Morgan fingerprint density at radius 1 is 1.26 bits per heavy atom. The molecule has 0 bridgehead atoms. The fraction of sp³-hybridized carbons (Fsp3) is 0.556. The van der Waals surface area contributed by atoms with Crippen LogP contribution in [-0.2, 0) is 16.0 Å². The summed E-state index contributed by atoms with van der Waals surface area (Å²) in [4.78, 5) is 32.3. The minimum atomic E-state index is 0.0218. The number of amides is 2. The minimum absolute atomic E-state index is 0.0218. The molecule has 9 heteroatoms. The largest absolute Gasteiger partial charge is 0.461 e. The maximum atomic E-state index is 12.4. The third kappa shape index (κ3) is 5.40. The van der Waals surface area contributed by atoms with Gasteiger partial charge in [-0.3, -0.25) is 14.5 Å². The second-order valence-corrected chi connectivity index (χ2v) is 6.87. The van der Waals surface area contributed by atoms with E-state index >= 15 is 0 Å².